The average Bonchev–Trinajstić information content (AvgIpc) is 2.94. The topological polar surface area (TPSA) is 80.4 Å². The van der Waals surface area contributed by atoms with Gasteiger partial charge in [0.05, 0.1) is 43.8 Å². The molecule has 0 saturated carbocycles. The van der Waals surface area contributed by atoms with Crippen molar-refractivity contribution in [2.24, 2.45) is 0 Å². The van der Waals surface area contributed by atoms with Gasteiger partial charge in [-0.3, -0.25) is 14.0 Å². The maximum Gasteiger partial charge on any atom is 0.266 e. The van der Waals surface area contributed by atoms with Gasteiger partial charge < -0.3 is 14.2 Å². The highest BCUT2D eigenvalue weighted by Crippen LogP contribution is 2.41. The average molecular weight is 358 g/mol. The molecule has 0 aliphatic carbocycles. The minimum absolute atomic E-state index is 0.226. The number of aromatic nitrogens is 4. The molecule has 0 bridgehead atoms. The Hall–Kier alpha value is -3.03. The predicted molar refractivity (Wildman–Crippen MR) is 97.9 cm³/mol. The predicted octanol–water partition coefficient (Wildman–Crippen LogP) is 2.24. The summed E-state index contributed by atoms with van der Waals surface area (Å²) < 4.78 is 19.5. The summed E-state index contributed by atoms with van der Waals surface area (Å²) in [7, 11) is 4.53. The second-order valence-corrected chi connectivity index (χ2v) is 5.80. The van der Waals surface area contributed by atoms with Crippen LogP contribution in [0.3, 0.4) is 0 Å². The first-order chi connectivity index (χ1) is 12.5. The molecule has 0 aliphatic rings. The zero-order valence-corrected chi connectivity index (χ0v) is 15.8. The normalized spacial score (nSPS) is 11.0. The molecule has 0 radical (unpaired) electrons. The van der Waals surface area contributed by atoms with Crippen molar-refractivity contribution in [3.05, 3.63) is 34.1 Å². The van der Waals surface area contributed by atoms with Gasteiger partial charge in [0.1, 0.15) is 11.8 Å². The van der Waals surface area contributed by atoms with E-state index in [9.17, 15) is 4.79 Å². The van der Waals surface area contributed by atoms with E-state index in [0.717, 1.165) is 23.6 Å². The highest BCUT2D eigenvalue weighted by molar-refractivity contribution is 5.89. The first-order valence-electron chi connectivity index (χ1n) is 8.23. The Labute approximate surface area is 150 Å². The molecule has 0 N–H and O–H groups in total. The summed E-state index contributed by atoms with van der Waals surface area (Å²) in [5.74, 6) is 1.17. The molecule has 0 saturated heterocycles. The van der Waals surface area contributed by atoms with E-state index >= 15 is 0 Å². The molecule has 8 heteroatoms. The number of hydrogen-bond acceptors (Lipinski definition) is 6. The van der Waals surface area contributed by atoms with E-state index in [1.807, 2.05) is 25.5 Å². The van der Waals surface area contributed by atoms with Crippen LogP contribution in [0.25, 0.3) is 16.6 Å². The van der Waals surface area contributed by atoms with Crippen LogP contribution in [0, 0.1) is 13.8 Å². The maximum absolute atomic E-state index is 13.2. The smallest absolute Gasteiger partial charge is 0.266 e. The standard InChI is InChI=1S/C18H22N4O4/c1-7-22-11(3)15(10(2)20-22)21-9-19-14-12(18(21)23)8-13(24-4)16(25-5)17(14)26-6/h8-9H,7H2,1-6H3. The van der Waals surface area contributed by atoms with Crippen LogP contribution in [0.4, 0.5) is 0 Å². The SMILES string of the molecule is CCn1nc(C)c(-n2cnc3c(OC)c(OC)c(OC)cc3c2=O)c1C. The van der Waals surface area contributed by atoms with Gasteiger partial charge in [0.25, 0.3) is 5.56 Å². The molecule has 2 heterocycles. The minimum Gasteiger partial charge on any atom is -0.493 e. The highest BCUT2D eigenvalue weighted by Gasteiger charge is 2.21. The lowest BCUT2D eigenvalue weighted by Gasteiger charge is -2.15. The molecule has 26 heavy (non-hydrogen) atoms. The zero-order valence-electron chi connectivity index (χ0n) is 15.8. The maximum atomic E-state index is 13.2. The van der Waals surface area contributed by atoms with Crippen molar-refractivity contribution in [2.45, 2.75) is 27.3 Å². The van der Waals surface area contributed by atoms with Crippen molar-refractivity contribution in [1.82, 2.24) is 19.3 Å². The lowest BCUT2D eigenvalue weighted by molar-refractivity contribution is 0.326. The highest BCUT2D eigenvalue weighted by atomic mass is 16.5. The molecule has 3 rings (SSSR count). The summed E-state index contributed by atoms with van der Waals surface area (Å²) in [5.41, 5.74) is 2.60. The van der Waals surface area contributed by atoms with E-state index in [2.05, 4.69) is 10.1 Å². The van der Waals surface area contributed by atoms with E-state index in [4.69, 9.17) is 14.2 Å². The van der Waals surface area contributed by atoms with Crippen molar-refractivity contribution >= 4 is 10.9 Å². The Balaban J connectivity index is 2.38. The van der Waals surface area contributed by atoms with Crippen LogP contribution in [0.1, 0.15) is 18.3 Å². The van der Waals surface area contributed by atoms with Gasteiger partial charge in [-0.1, -0.05) is 0 Å². The number of ether oxygens (including phenoxy) is 3. The lowest BCUT2D eigenvalue weighted by Crippen LogP contribution is -2.20. The molecular formula is C18H22N4O4. The number of aryl methyl sites for hydroxylation is 2. The summed E-state index contributed by atoms with van der Waals surface area (Å²) in [5, 5.41) is 4.86. The molecule has 0 spiro atoms. The monoisotopic (exact) mass is 358 g/mol. The quantitative estimate of drug-likeness (QED) is 0.696. The largest absolute Gasteiger partial charge is 0.493 e. The van der Waals surface area contributed by atoms with Crippen LogP contribution in [-0.4, -0.2) is 40.7 Å². The lowest BCUT2D eigenvalue weighted by atomic mass is 10.2. The summed E-state index contributed by atoms with van der Waals surface area (Å²) >= 11 is 0. The summed E-state index contributed by atoms with van der Waals surface area (Å²) in [4.78, 5) is 17.7. The molecule has 0 aliphatic heterocycles. The van der Waals surface area contributed by atoms with Gasteiger partial charge in [-0.05, 0) is 26.8 Å². The third kappa shape index (κ3) is 2.49. The third-order valence-electron chi connectivity index (χ3n) is 4.44. The molecule has 1 aromatic carbocycles. The second kappa shape index (κ2) is 6.70. The molecule has 0 amide bonds. The first kappa shape index (κ1) is 17.8. The van der Waals surface area contributed by atoms with Crippen LogP contribution in [0.5, 0.6) is 17.2 Å². The Morgan fingerprint density at radius 3 is 2.31 bits per heavy atom. The minimum atomic E-state index is -0.226. The van der Waals surface area contributed by atoms with Crippen molar-refractivity contribution in [1.29, 1.82) is 0 Å². The van der Waals surface area contributed by atoms with E-state index in [-0.39, 0.29) is 5.56 Å². The van der Waals surface area contributed by atoms with E-state index < -0.39 is 0 Å². The van der Waals surface area contributed by atoms with E-state index in [1.165, 1.54) is 32.2 Å². The zero-order chi connectivity index (χ0) is 19.0. The van der Waals surface area contributed by atoms with Crippen LogP contribution < -0.4 is 19.8 Å². The summed E-state index contributed by atoms with van der Waals surface area (Å²) in [6.07, 6.45) is 1.50. The molecule has 3 aromatic rings. The van der Waals surface area contributed by atoms with Crippen molar-refractivity contribution in [2.75, 3.05) is 21.3 Å². The third-order valence-corrected chi connectivity index (χ3v) is 4.44. The fourth-order valence-electron chi connectivity index (χ4n) is 3.23. The second-order valence-electron chi connectivity index (χ2n) is 5.80. The fourth-order valence-corrected chi connectivity index (χ4v) is 3.23. The molecule has 138 valence electrons. The van der Waals surface area contributed by atoms with E-state index in [0.29, 0.717) is 28.2 Å². The fraction of sp³-hybridized carbons (Fsp3) is 0.389. The van der Waals surface area contributed by atoms with Crippen molar-refractivity contribution in [3.8, 4) is 22.9 Å². The van der Waals surface area contributed by atoms with Crippen LogP contribution in [-0.2, 0) is 6.54 Å². The number of hydrogen-bond donors (Lipinski definition) is 0. The van der Waals surface area contributed by atoms with Gasteiger partial charge in [0.2, 0.25) is 5.75 Å². The Morgan fingerprint density at radius 1 is 1.08 bits per heavy atom. The number of nitrogens with zero attached hydrogens (tertiary/aromatic N) is 4. The molecular weight excluding hydrogens is 336 g/mol. The molecule has 0 unspecified atom stereocenters. The van der Waals surface area contributed by atoms with Gasteiger partial charge in [-0.2, -0.15) is 5.10 Å². The van der Waals surface area contributed by atoms with E-state index in [1.54, 1.807) is 6.07 Å². The number of benzene rings is 1. The van der Waals surface area contributed by atoms with Gasteiger partial charge in [0, 0.05) is 6.54 Å². The van der Waals surface area contributed by atoms with Crippen molar-refractivity contribution < 1.29 is 14.2 Å². The van der Waals surface area contributed by atoms with Gasteiger partial charge >= 0.3 is 0 Å². The Morgan fingerprint density at radius 2 is 1.77 bits per heavy atom. The number of rotatable bonds is 5. The number of methoxy groups -OCH3 is 3. The van der Waals surface area contributed by atoms with Crippen LogP contribution >= 0.6 is 0 Å². The molecule has 0 fully saturated rings. The summed E-state index contributed by atoms with van der Waals surface area (Å²) in [6.45, 7) is 6.54. The van der Waals surface area contributed by atoms with Crippen molar-refractivity contribution in [3.63, 3.8) is 0 Å². The van der Waals surface area contributed by atoms with Crippen LogP contribution in [0.2, 0.25) is 0 Å². The molecule has 8 nitrogen and oxygen atoms in total. The molecule has 2 aromatic heterocycles. The van der Waals surface area contributed by atoms with Gasteiger partial charge in [0.15, 0.2) is 11.5 Å². The van der Waals surface area contributed by atoms with Gasteiger partial charge in [-0.15, -0.1) is 0 Å². The van der Waals surface area contributed by atoms with Gasteiger partial charge in [-0.25, -0.2) is 4.98 Å². The number of fused-ring (bicyclic) bond motifs is 1. The Kier molecular flexibility index (Phi) is 4.58. The Bertz CT molecular complexity index is 1040. The first-order valence-corrected chi connectivity index (χ1v) is 8.23. The molecule has 0 atom stereocenters. The van der Waals surface area contributed by atoms with Crippen LogP contribution in [0.15, 0.2) is 17.2 Å². The summed E-state index contributed by atoms with van der Waals surface area (Å²) in [6, 6.07) is 1.62.